The summed E-state index contributed by atoms with van der Waals surface area (Å²) >= 11 is 0. The van der Waals surface area contributed by atoms with Crippen molar-refractivity contribution in [2.24, 2.45) is 10.5 Å². The highest BCUT2D eigenvalue weighted by atomic mass is 19.3. The molecule has 0 aromatic carbocycles. The number of carbonyl (C=O) groups excluding carboxylic acids is 1. The molecule has 1 aromatic heterocycles. The number of pyridine rings is 1. The van der Waals surface area contributed by atoms with Crippen LogP contribution in [0.3, 0.4) is 0 Å². The molecule has 1 atom stereocenters. The fourth-order valence-electron chi connectivity index (χ4n) is 3.21. The lowest BCUT2D eigenvalue weighted by molar-refractivity contribution is -0.138. The van der Waals surface area contributed by atoms with E-state index < -0.39 is 30.4 Å². The lowest BCUT2D eigenvalue weighted by Gasteiger charge is -2.37. The second kappa shape index (κ2) is 6.14. The number of halogens is 2. The molecule has 1 aromatic rings. The monoisotopic (exact) mass is 338 g/mol. The number of fused-ring (bicyclic) bond motifs is 1. The zero-order valence-electron chi connectivity index (χ0n) is 12.7. The minimum atomic E-state index is -2.71. The predicted molar refractivity (Wildman–Crippen MR) is 79.7 cm³/mol. The van der Waals surface area contributed by atoms with Crippen molar-refractivity contribution in [2.45, 2.75) is 19.3 Å². The molecule has 2 aliphatic heterocycles. The van der Waals surface area contributed by atoms with E-state index in [-0.39, 0.29) is 25.9 Å². The Morgan fingerprint density at radius 3 is 2.83 bits per heavy atom. The summed E-state index contributed by atoms with van der Waals surface area (Å²) in [7, 11) is 0. The van der Waals surface area contributed by atoms with E-state index in [1.807, 2.05) is 0 Å². The molecule has 0 saturated carbocycles. The van der Waals surface area contributed by atoms with Gasteiger partial charge in [0.2, 0.25) is 0 Å². The van der Waals surface area contributed by atoms with Gasteiger partial charge in [-0.2, -0.15) is 5.10 Å². The normalized spacial score (nSPS) is 23.5. The van der Waals surface area contributed by atoms with Crippen molar-refractivity contribution in [3.63, 3.8) is 0 Å². The van der Waals surface area contributed by atoms with Crippen molar-refractivity contribution in [3.8, 4) is 0 Å². The van der Waals surface area contributed by atoms with Gasteiger partial charge in [-0.3, -0.25) is 9.78 Å². The van der Waals surface area contributed by atoms with Crippen LogP contribution in [0.25, 0.3) is 0 Å². The molecule has 7 nitrogen and oxygen atoms in total. The first kappa shape index (κ1) is 16.3. The molecule has 0 spiro atoms. The van der Waals surface area contributed by atoms with E-state index in [4.69, 9.17) is 0 Å². The highest BCUT2D eigenvalue weighted by Gasteiger charge is 2.54. The number of hydrazone groups is 1. The summed E-state index contributed by atoms with van der Waals surface area (Å²) in [5.41, 5.74) is -0.208. The molecular formula is C15H16F2N4O3. The number of piperidine rings is 1. The Balaban J connectivity index is 1.96. The Bertz CT molecular complexity index is 683. The van der Waals surface area contributed by atoms with E-state index in [1.165, 1.54) is 0 Å². The molecule has 1 unspecified atom stereocenters. The van der Waals surface area contributed by atoms with E-state index in [0.717, 1.165) is 9.91 Å². The molecule has 24 heavy (non-hydrogen) atoms. The van der Waals surface area contributed by atoms with Gasteiger partial charge in [-0.1, -0.05) is 6.07 Å². The number of likely N-dealkylation sites (tertiary alicyclic amines) is 1. The molecule has 2 amide bonds. The van der Waals surface area contributed by atoms with Gasteiger partial charge in [0, 0.05) is 37.8 Å². The summed E-state index contributed by atoms with van der Waals surface area (Å²) in [6.07, 6.45) is -1.91. The quantitative estimate of drug-likeness (QED) is 0.900. The average Bonchev–Trinajstić information content (AvgIpc) is 2.80. The van der Waals surface area contributed by atoms with Gasteiger partial charge in [0.15, 0.2) is 0 Å². The standard InChI is InChI=1S/C15H16F2N4O3/c16-12(17)8-21-13(22)15(7-10-3-1-2-5-18-10)9-20(14(23)24)6-4-11(15)19-21/h1-3,5,12H,4,6-9H2,(H,23,24). The average molecular weight is 338 g/mol. The summed E-state index contributed by atoms with van der Waals surface area (Å²) < 4.78 is 25.4. The largest absolute Gasteiger partial charge is 0.465 e. The van der Waals surface area contributed by atoms with Gasteiger partial charge in [-0.15, -0.1) is 0 Å². The molecular weight excluding hydrogens is 322 g/mol. The topological polar surface area (TPSA) is 86.1 Å². The number of hydrogen-bond donors (Lipinski definition) is 1. The van der Waals surface area contributed by atoms with Crippen molar-refractivity contribution in [3.05, 3.63) is 30.1 Å². The summed E-state index contributed by atoms with van der Waals surface area (Å²) in [6, 6.07) is 5.19. The number of carbonyl (C=O) groups is 2. The smallest absolute Gasteiger partial charge is 0.407 e. The van der Waals surface area contributed by atoms with Crippen LogP contribution in [0.15, 0.2) is 29.5 Å². The number of carboxylic acid groups (broad SMARTS) is 1. The predicted octanol–water partition coefficient (Wildman–Crippen LogP) is 1.46. The minimum Gasteiger partial charge on any atom is -0.465 e. The molecule has 0 bridgehead atoms. The third-order valence-corrected chi connectivity index (χ3v) is 4.31. The Morgan fingerprint density at radius 1 is 1.42 bits per heavy atom. The van der Waals surface area contributed by atoms with Crippen molar-refractivity contribution in [2.75, 3.05) is 19.6 Å². The van der Waals surface area contributed by atoms with E-state index in [0.29, 0.717) is 11.4 Å². The van der Waals surface area contributed by atoms with E-state index in [9.17, 15) is 23.5 Å². The first-order valence-corrected chi connectivity index (χ1v) is 7.48. The maximum absolute atomic E-state index is 12.8. The Morgan fingerprint density at radius 2 is 2.21 bits per heavy atom. The van der Waals surface area contributed by atoms with Crippen molar-refractivity contribution in [1.82, 2.24) is 14.9 Å². The minimum absolute atomic E-state index is 0.101. The molecule has 2 aliphatic rings. The van der Waals surface area contributed by atoms with Gasteiger partial charge >= 0.3 is 6.09 Å². The number of nitrogens with zero attached hydrogens (tertiary/aromatic N) is 4. The second-order valence-electron chi connectivity index (χ2n) is 5.86. The van der Waals surface area contributed by atoms with Gasteiger partial charge in [0.1, 0.15) is 12.0 Å². The van der Waals surface area contributed by atoms with Crippen LogP contribution in [-0.4, -0.2) is 63.8 Å². The number of rotatable bonds is 4. The number of aromatic nitrogens is 1. The molecule has 9 heteroatoms. The van der Waals surface area contributed by atoms with E-state index in [2.05, 4.69) is 10.1 Å². The van der Waals surface area contributed by atoms with E-state index >= 15 is 0 Å². The molecule has 1 fully saturated rings. The first-order chi connectivity index (χ1) is 11.4. The number of hydrogen-bond acceptors (Lipinski definition) is 4. The van der Waals surface area contributed by atoms with Crippen LogP contribution < -0.4 is 0 Å². The molecule has 1 saturated heterocycles. The van der Waals surface area contributed by atoms with Crippen LogP contribution in [0.5, 0.6) is 0 Å². The summed E-state index contributed by atoms with van der Waals surface area (Å²) in [6.45, 7) is -0.705. The van der Waals surface area contributed by atoms with E-state index in [1.54, 1.807) is 24.4 Å². The summed E-state index contributed by atoms with van der Waals surface area (Å²) in [4.78, 5) is 29.4. The van der Waals surface area contributed by atoms with Crippen LogP contribution in [0, 0.1) is 5.41 Å². The van der Waals surface area contributed by atoms with Crippen LogP contribution in [0.1, 0.15) is 12.1 Å². The highest BCUT2D eigenvalue weighted by Crippen LogP contribution is 2.38. The molecule has 0 aliphatic carbocycles. The number of alkyl halides is 2. The fourth-order valence-corrected chi connectivity index (χ4v) is 3.21. The van der Waals surface area contributed by atoms with Crippen molar-refractivity contribution in [1.29, 1.82) is 0 Å². The lowest BCUT2D eigenvalue weighted by Crippen LogP contribution is -2.55. The Labute approximate surface area is 136 Å². The Hall–Kier alpha value is -2.58. The van der Waals surface area contributed by atoms with Gasteiger partial charge in [-0.25, -0.2) is 18.6 Å². The maximum atomic E-state index is 12.8. The summed E-state index contributed by atoms with van der Waals surface area (Å²) in [5.74, 6) is -0.589. The fraction of sp³-hybridized carbons (Fsp3) is 0.467. The van der Waals surface area contributed by atoms with Gasteiger partial charge < -0.3 is 10.0 Å². The van der Waals surface area contributed by atoms with Crippen molar-refractivity contribution < 1.29 is 23.5 Å². The highest BCUT2D eigenvalue weighted by molar-refractivity contribution is 6.13. The zero-order valence-corrected chi connectivity index (χ0v) is 12.7. The lowest BCUT2D eigenvalue weighted by atomic mass is 9.74. The van der Waals surface area contributed by atoms with Gasteiger partial charge in [0.25, 0.3) is 12.3 Å². The van der Waals surface area contributed by atoms with Crippen LogP contribution in [-0.2, 0) is 11.2 Å². The molecule has 3 heterocycles. The molecule has 3 rings (SSSR count). The third-order valence-electron chi connectivity index (χ3n) is 4.31. The van der Waals surface area contributed by atoms with Gasteiger partial charge in [0.05, 0.1) is 5.71 Å². The van der Waals surface area contributed by atoms with Crippen LogP contribution >= 0.6 is 0 Å². The maximum Gasteiger partial charge on any atom is 0.407 e. The molecule has 128 valence electrons. The Kier molecular flexibility index (Phi) is 4.16. The van der Waals surface area contributed by atoms with Crippen LogP contribution in [0.2, 0.25) is 0 Å². The first-order valence-electron chi connectivity index (χ1n) is 7.48. The molecule has 1 N–H and O–H groups in total. The second-order valence-corrected chi connectivity index (χ2v) is 5.86. The van der Waals surface area contributed by atoms with Crippen molar-refractivity contribution >= 4 is 17.7 Å². The number of amides is 2. The summed E-state index contributed by atoms with van der Waals surface area (Å²) in [5, 5.41) is 14.1. The zero-order chi connectivity index (χ0) is 17.3. The third kappa shape index (κ3) is 2.81. The van der Waals surface area contributed by atoms with Crippen LogP contribution in [0.4, 0.5) is 13.6 Å². The van der Waals surface area contributed by atoms with Gasteiger partial charge in [-0.05, 0) is 12.1 Å². The molecule has 0 radical (unpaired) electrons. The SMILES string of the molecule is O=C(O)N1CCC2=NN(CC(F)F)C(=O)C2(Cc2ccccn2)C1.